The van der Waals surface area contributed by atoms with E-state index in [2.05, 4.69) is 4.58 Å². The van der Waals surface area contributed by atoms with Gasteiger partial charge in [0.05, 0.1) is 13.1 Å². The number of benzene rings is 1. The fraction of sp³-hybridized carbons (Fsp3) is 0.593. The standard InChI is InChI=1S/C27H36N4O7/c1-26(2,3)37-21(32)10-9-20(23(28)33)31-14-18-17(24(31)34)7-8-19-22(18)36-15-16-13-29(11-12-30(16)19)25(35)38-27(4,5)6/h7-8,20H,9-15H2,1-6H3,(H-,28,33)/p+1. The van der Waals surface area contributed by atoms with Gasteiger partial charge >= 0.3 is 12.1 Å². The Bertz CT molecular complexity index is 1210. The molecule has 0 saturated heterocycles. The fourth-order valence-corrected chi connectivity index (χ4v) is 4.91. The molecule has 38 heavy (non-hydrogen) atoms. The summed E-state index contributed by atoms with van der Waals surface area (Å²) in [4.78, 5) is 53.5. The molecule has 4 rings (SSSR count). The van der Waals surface area contributed by atoms with Gasteiger partial charge < -0.3 is 24.8 Å². The number of ether oxygens (including phenoxy) is 3. The van der Waals surface area contributed by atoms with Gasteiger partial charge in [-0.25, -0.2) is 4.79 Å². The van der Waals surface area contributed by atoms with Gasteiger partial charge in [-0.15, -0.1) is 0 Å². The van der Waals surface area contributed by atoms with E-state index < -0.39 is 29.1 Å². The second-order valence-corrected chi connectivity index (χ2v) is 11.8. The highest BCUT2D eigenvalue weighted by molar-refractivity contribution is 6.02. The molecule has 2 N–H and O–H groups in total. The van der Waals surface area contributed by atoms with Crippen molar-refractivity contribution in [1.82, 2.24) is 9.80 Å². The molecule has 3 aliphatic heterocycles. The van der Waals surface area contributed by atoms with Crippen LogP contribution in [-0.2, 0) is 25.6 Å². The quantitative estimate of drug-likeness (QED) is 0.457. The number of hydrogen-bond donors (Lipinski definition) is 1. The highest BCUT2D eigenvalue weighted by atomic mass is 16.6. The lowest BCUT2D eigenvalue weighted by atomic mass is 10.1. The SMILES string of the molecule is CC(C)(C)OC(=O)CCC(C(N)=O)N1Cc2c(ccc3c2OCC2=[N+]3CCN(C(=O)OC(C)(C)C)C2)C1=O. The van der Waals surface area contributed by atoms with E-state index in [-0.39, 0.29) is 38.0 Å². The molecule has 0 bridgehead atoms. The van der Waals surface area contributed by atoms with Crippen LogP contribution in [0, 0.1) is 0 Å². The summed E-state index contributed by atoms with van der Waals surface area (Å²) in [5.41, 5.74) is 7.29. The lowest BCUT2D eigenvalue weighted by molar-refractivity contribution is -0.453. The summed E-state index contributed by atoms with van der Waals surface area (Å²) in [5.74, 6) is -0.882. The maximum absolute atomic E-state index is 13.3. The Labute approximate surface area is 222 Å². The zero-order valence-corrected chi connectivity index (χ0v) is 23.0. The minimum atomic E-state index is -0.957. The number of fused-ring (bicyclic) bond motifs is 4. The maximum Gasteiger partial charge on any atom is 0.411 e. The number of hydrogen-bond acceptors (Lipinski definition) is 7. The molecular formula is C27H37N4O7+. The van der Waals surface area contributed by atoms with E-state index in [4.69, 9.17) is 19.9 Å². The van der Waals surface area contributed by atoms with E-state index in [1.807, 2.05) is 26.8 Å². The molecule has 1 aromatic rings. The molecule has 0 fully saturated rings. The summed E-state index contributed by atoms with van der Waals surface area (Å²) < 4.78 is 19.1. The Morgan fingerprint density at radius 2 is 1.76 bits per heavy atom. The molecule has 3 heterocycles. The molecule has 11 nitrogen and oxygen atoms in total. The minimum Gasteiger partial charge on any atom is -0.476 e. The molecule has 0 radical (unpaired) electrons. The molecule has 0 saturated carbocycles. The largest absolute Gasteiger partial charge is 0.476 e. The number of primary amides is 1. The molecule has 0 aliphatic carbocycles. The van der Waals surface area contributed by atoms with E-state index >= 15 is 0 Å². The van der Waals surface area contributed by atoms with Gasteiger partial charge in [0.15, 0.2) is 18.9 Å². The Morgan fingerprint density at radius 1 is 1.08 bits per heavy atom. The van der Waals surface area contributed by atoms with Crippen LogP contribution in [0.25, 0.3) is 0 Å². The summed E-state index contributed by atoms with van der Waals surface area (Å²) in [6.07, 6.45) is -0.341. The average Bonchev–Trinajstić information content (AvgIpc) is 3.12. The van der Waals surface area contributed by atoms with Gasteiger partial charge in [-0.05, 0) is 54.0 Å². The normalized spacial score (nSPS) is 17.8. The first-order chi connectivity index (χ1) is 17.6. The van der Waals surface area contributed by atoms with Crippen LogP contribution in [0.3, 0.4) is 0 Å². The third-order valence-electron chi connectivity index (χ3n) is 6.48. The van der Waals surface area contributed by atoms with Crippen molar-refractivity contribution >= 4 is 35.3 Å². The Kier molecular flexibility index (Phi) is 7.15. The molecule has 1 atom stereocenters. The predicted octanol–water partition coefficient (Wildman–Crippen LogP) is 2.35. The number of carbonyl (C=O) groups is 4. The van der Waals surface area contributed by atoms with Gasteiger partial charge in [-0.3, -0.25) is 19.3 Å². The summed E-state index contributed by atoms with van der Waals surface area (Å²) in [5, 5.41) is 0. The zero-order chi connectivity index (χ0) is 28.0. The van der Waals surface area contributed by atoms with Gasteiger partial charge in [0.25, 0.3) is 5.91 Å². The number of carbonyl (C=O) groups excluding carboxylic acids is 4. The fourth-order valence-electron chi connectivity index (χ4n) is 4.91. The van der Waals surface area contributed by atoms with Gasteiger partial charge in [-0.1, -0.05) is 0 Å². The Balaban J connectivity index is 1.52. The van der Waals surface area contributed by atoms with Crippen molar-refractivity contribution in [3.8, 4) is 5.75 Å². The van der Waals surface area contributed by atoms with Crippen molar-refractivity contribution in [3.63, 3.8) is 0 Å². The highest BCUT2D eigenvalue weighted by Gasteiger charge is 2.43. The van der Waals surface area contributed by atoms with E-state index in [0.717, 1.165) is 11.4 Å². The molecular weight excluding hydrogens is 492 g/mol. The monoisotopic (exact) mass is 529 g/mol. The van der Waals surface area contributed by atoms with Crippen molar-refractivity contribution < 1.29 is 38.0 Å². The molecule has 206 valence electrons. The third-order valence-corrected chi connectivity index (χ3v) is 6.48. The van der Waals surface area contributed by atoms with Crippen LogP contribution in [0.5, 0.6) is 5.75 Å². The molecule has 1 unspecified atom stereocenters. The van der Waals surface area contributed by atoms with Crippen molar-refractivity contribution in [3.05, 3.63) is 23.3 Å². The summed E-state index contributed by atoms with van der Waals surface area (Å²) in [6.45, 7) is 12.6. The average molecular weight is 530 g/mol. The Morgan fingerprint density at radius 3 is 2.39 bits per heavy atom. The minimum absolute atomic E-state index is 0.0418. The zero-order valence-electron chi connectivity index (χ0n) is 23.0. The van der Waals surface area contributed by atoms with Gasteiger partial charge in [-0.2, -0.15) is 4.58 Å². The summed E-state index contributed by atoms with van der Waals surface area (Å²) in [6, 6.07) is 2.61. The molecule has 0 aromatic heterocycles. The third kappa shape index (κ3) is 5.76. The molecule has 3 aliphatic rings. The molecule has 3 amide bonds. The number of amides is 3. The van der Waals surface area contributed by atoms with E-state index in [1.165, 1.54) is 4.90 Å². The number of esters is 1. The van der Waals surface area contributed by atoms with Crippen LogP contribution in [0.15, 0.2) is 12.1 Å². The van der Waals surface area contributed by atoms with Crippen LogP contribution < -0.4 is 10.5 Å². The maximum atomic E-state index is 13.3. The molecule has 1 aromatic carbocycles. The van der Waals surface area contributed by atoms with Crippen LogP contribution in [0.4, 0.5) is 10.5 Å². The first kappa shape index (κ1) is 27.4. The van der Waals surface area contributed by atoms with Crippen molar-refractivity contribution in [2.75, 3.05) is 26.2 Å². The van der Waals surface area contributed by atoms with Crippen molar-refractivity contribution in [2.45, 2.75) is 78.2 Å². The van der Waals surface area contributed by atoms with Crippen molar-refractivity contribution in [1.29, 1.82) is 0 Å². The van der Waals surface area contributed by atoms with Gasteiger partial charge in [0.2, 0.25) is 17.3 Å². The van der Waals surface area contributed by atoms with Crippen LogP contribution in [0.1, 0.15) is 70.3 Å². The first-order valence-corrected chi connectivity index (χ1v) is 12.9. The molecule has 11 heteroatoms. The van der Waals surface area contributed by atoms with Crippen LogP contribution in [-0.4, -0.2) is 87.4 Å². The van der Waals surface area contributed by atoms with Gasteiger partial charge in [0, 0.05) is 23.6 Å². The Hall–Kier alpha value is -3.63. The highest BCUT2D eigenvalue weighted by Crippen LogP contribution is 2.41. The van der Waals surface area contributed by atoms with E-state index in [1.54, 1.807) is 31.7 Å². The van der Waals surface area contributed by atoms with E-state index in [0.29, 0.717) is 36.5 Å². The summed E-state index contributed by atoms with van der Waals surface area (Å²) >= 11 is 0. The number of nitrogens with zero attached hydrogens (tertiary/aromatic N) is 3. The van der Waals surface area contributed by atoms with Crippen molar-refractivity contribution in [2.24, 2.45) is 5.73 Å². The van der Waals surface area contributed by atoms with E-state index in [9.17, 15) is 19.2 Å². The molecule has 0 spiro atoms. The first-order valence-electron chi connectivity index (χ1n) is 12.9. The lowest BCUT2D eigenvalue weighted by Crippen LogP contribution is -2.50. The number of rotatable bonds is 5. The second kappa shape index (κ2) is 9.92. The van der Waals surface area contributed by atoms with Gasteiger partial charge in [0.1, 0.15) is 23.8 Å². The van der Waals surface area contributed by atoms with Crippen LogP contribution in [0.2, 0.25) is 0 Å². The van der Waals surface area contributed by atoms with Crippen LogP contribution >= 0.6 is 0 Å². The second-order valence-electron chi connectivity index (χ2n) is 11.8. The number of nitrogens with two attached hydrogens (primary N) is 1. The lowest BCUT2D eigenvalue weighted by Gasteiger charge is -2.31. The smallest absolute Gasteiger partial charge is 0.411 e. The predicted molar refractivity (Wildman–Crippen MR) is 137 cm³/mol. The topological polar surface area (TPSA) is 131 Å². The summed E-state index contributed by atoms with van der Waals surface area (Å²) in [7, 11) is 0.